The molecule has 122 valence electrons. The Balaban J connectivity index is 1.97. The fourth-order valence-electron chi connectivity index (χ4n) is 2.32. The number of carbonyl (C=O) groups excluding carboxylic acids is 2. The number of hydrogen-bond acceptors (Lipinski definition) is 6. The van der Waals surface area contributed by atoms with E-state index >= 15 is 0 Å². The van der Waals surface area contributed by atoms with Crippen LogP contribution in [-0.4, -0.2) is 24.0 Å². The van der Waals surface area contributed by atoms with E-state index in [1.54, 1.807) is 24.3 Å². The van der Waals surface area contributed by atoms with Gasteiger partial charge < -0.3 is 15.8 Å². The van der Waals surface area contributed by atoms with Crippen LogP contribution in [0, 0.1) is 6.92 Å². The monoisotopic (exact) mass is 341 g/mol. The average molecular weight is 341 g/mol. The third-order valence-electron chi connectivity index (χ3n) is 3.52. The molecule has 0 radical (unpaired) electrons. The van der Waals surface area contributed by atoms with Gasteiger partial charge in [0.1, 0.15) is 9.71 Å². The second-order valence-corrected chi connectivity index (χ2v) is 6.14. The number of nitrogens with two attached hydrogens (primary N) is 1. The van der Waals surface area contributed by atoms with Gasteiger partial charge in [-0.15, -0.1) is 11.3 Å². The van der Waals surface area contributed by atoms with Crippen molar-refractivity contribution in [2.75, 3.05) is 18.2 Å². The minimum Gasteiger partial charge on any atom is -0.465 e. The first kappa shape index (κ1) is 15.9. The van der Waals surface area contributed by atoms with Crippen LogP contribution in [-0.2, 0) is 4.74 Å². The highest BCUT2D eigenvalue weighted by molar-refractivity contribution is 7.21. The summed E-state index contributed by atoms with van der Waals surface area (Å²) in [7, 11) is 1.29. The predicted molar refractivity (Wildman–Crippen MR) is 94.5 cm³/mol. The molecule has 0 saturated carbocycles. The zero-order valence-electron chi connectivity index (χ0n) is 13.1. The Morgan fingerprint density at radius 1 is 1.21 bits per heavy atom. The topological polar surface area (TPSA) is 94.3 Å². The van der Waals surface area contributed by atoms with Crippen molar-refractivity contribution in [1.29, 1.82) is 0 Å². The highest BCUT2D eigenvalue weighted by Gasteiger charge is 2.19. The number of aromatic nitrogens is 1. The molecule has 1 amide bonds. The summed E-state index contributed by atoms with van der Waals surface area (Å²) in [5.41, 5.74) is 7.97. The smallest absolute Gasteiger partial charge is 0.339 e. The van der Waals surface area contributed by atoms with Crippen LogP contribution >= 0.6 is 11.3 Å². The largest absolute Gasteiger partial charge is 0.465 e. The molecule has 0 spiro atoms. The van der Waals surface area contributed by atoms with Crippen molar-refractivity contribution < 1.29 is 14.3 Å². The molecule has 6 nitrogen and oxygen atoms in total. The van der Waals surface area contributed by atoms with Crippen LogP contribution in [0.3, 0.4) is 0 Å². The first-order chi connectivity index (χ1) is 11.5. The van der Waals surface area contributed by atoms with Crippen molar-refractivity contribution in [3.63, 3.8) is 0 Å². The molecule has 0 fully saturated rings. The number of esters is 1. The van der Waals surface area contributed by atoms with E-state index in [0.717, 1.165) is 11.1 Å². The van der Waals surface area contributed by atoms with Crippen LogP contribution in [0.15, 0.2) is 36.4 Å². The van der Waals surface area contributed by atoms with Gasteiger partial charge in [0.2, 0.25) is 0 Å². The maximum atomic E-state index is 12.6. The number of anilines is 2. The number of fused-ring (bicyclic) bond motifs is 1. The van der Waals surface area contributed by atoms with Crippen molar-refractivity contribution in [2.45, 2.75) is 6.92 Å². The normalized spacial score (nSPS) is 10.6. The summed E-state index contributed by atoms with van der Waals surface area (Å²) < 4.78 is 4.73. The van der Waals surface area contributed by atoms with Gasteiger partial charge in [-0.05, 0) is 31.2 Å². The van der Waals surface area contributed by atoms with Crippen molar-refractivity contribution in [3.8, 4) is 0 Å². The highest BCUT2D eigenvalue weighted by atomic mass is 32.1. The van der Waals surface area contributed by atoms with Crippen molar-refractivity contribution >= 4 is 44.8 Å². The van der Waals surface area contributed by atoms with Crippen molar-refractivity contribution in [3.05, 3.63) is 52.5 Å². The molecular formula is C17H15N3O3S. The molecule has 3 N–H and O–H groups in total. The average Bonchev–Trinajstić information content (AvgIpc) is 2.90. The summed E-state index contributed by atoms with van der Waals surface area (Å²) in [5.74, 6) is -0.906. The number of hydrogen-bond donors (Lipinski definition) is 2. The third-order valence-corrected chi connectivity index (χ3v) is 4.63. The lowest BCUT2D eigenvalue weighted by Gasteiger charge is -2.09. The molecule has 2 aromatic heterocycles. The van der Waals surface area contributed by atoms with Gasteiger partial charge >= 0.3 is 5.97 Å². The Labute approximate surface area is 142 Å². The number of amides is 1. The Morgan fingerprint density at radius 3 is 2.71 bits per heavy atom. The number of nitrogen functional groups attached to an aromatic ring is 1. The number of ether oxygens (including phenoxy) is 1. The van der Waals surface area contributed by atoms with Gasteiger partial charge in [-0.25, -0.2) is 9.78 Å². The number of pyridine rings is 1. The van der Waals surface area contributed by atoms with Gasteiger partial charge in [-0.1, -0.05) is 12.1 Å². The Morgan fingerprint density at radius 2 is 1.96 bits per heavy atom. The first-order valence-electron chi connectivity index (χ1n) is 7.15. The zero-order valence-corrected chi connectivity index (χ0v) is 13.9. The maximum absolute atomic E-state index is 12.6. The third kappa shape index (κ3) is 2.81. The first-order valence-corrected chi connectivity index (χ1v) is 7.97. The fourth-order valence-corrected chi connectivity index (χ4v) is 3.35. The minimum atomic E-state index is -0.521. The molecule has 0 aliphatic carbocycles. The number of carbonyl (C=O) groups is 2. The molecule has 3 rings (SSSR count). The standard InChI is InChI=1S/C17H15N3O3S/c1-9-7-8-11-13(18)14(24-16(11)19-9)15(21)20-12-6-4-3-5-10(12)17(22)23-2/h3-8H,18H2,1-2H3,(H,20,21). The van der Waals surface area contributed by atoms with Crippen LogP contribution in [0.1, 0.15) is 25.7 Å². The fraction of sp³-hybridized carbons (Fsp3) is 0.118. The summed E-state index contributed by atoms with van der Waals surface area (Å²) in [6.07, 6.45) is 0. The molecule has 7 heteroatoms. The summed E-state index contributed by atoms with van der Waals surface area (Å²) in [5, 5.41) is 3.47. The Hall–Kier alpha value is -2.93. The highest BCUT2D eigenvalue weighted by Crippen LogP contribution is 2.33. The maximum Gasteiger partial charge on any atom is 0.339 e. The molecule has 0 aliphatic heterocycles. The van der Waals surface area contributed by atoms with Crippen LogP contribution < -0.4 is 11.1 Å². The number of benzene rings is 1. The van der Waals surface area contributed by atoms with Gasteiger partial charge in [-0.3, -0.25) is 4.79 Å². The number of methoxy groups -OCH3 is 1. The molecule has 0 unspecified atom stereocenters. The molecular weight excluding hydrogens is 326 g/mol. The second kappa shape index (κ2) is 6.29. The zero-order chi connectivity index (χ0) is 17.3. The van der Waals surface area contributed by atoms with E-state index in [0.29, 0.717) is 21.1 Å². The van der Waals surface area contributed by atoms with Crippen LogP contribution in [0.25, 0.3) is 10.2 Å². The van der Waals surface area contributed by atoms with E-state index in [4.69, 9.17) is 10.5 Å². The molecule has 0 aliphatic rings. The quantitative estimate of drug-likeness (QED) is 0.713. The van der Waals surface area contributed by atoms with Gasteiger partial charge in [0, 0.05) is 11.1 Å². The molecule has 1 aromatic carbocycles. The number of nitrogens with one attached hydrogen (secondary N) is 1. The number of aryl methyl sites for hydroxylation is 1. The van der Waals surface area contributed by atoms with E-state index in [2.05, 4.69) is 10.3 Å². The van der Waals surface area contributed by atoms with E-state index in [1.165, 1.54) is 18.4 Å². The van der Waals surface area contributed by atoms with Crippen LogP contribution in [0.5, 0.6) is 0 Å². The van der Waals surface area contributed by atoms with Gasteiger partial charge in [-0.2, -0.15) is 0 Å². The Bertz CT molecular complexity index is 949. The van der Waals surface area contributed by atoms with Gasteiger partial charge in [0.05, 0.1) is 24.0 Å². The summed E-state index contributed by atoms with van der Waals surface area (Å²) in [6, 6.07) is 10.3. The number of thiophene rings is 1. The molecule has 24 heavy (non-hydrogen) atoms. The van der Waals surface area contributed by atoms with E-state index in [9.17, 15) is 9.59 Å². The Kier molecular flexibility index (Phi) is 4.18. The van der Waals surface area contributed by atoms with Gasteiger partial charge in [0.25, 0.3) is 5.91 Å². The SMILES string of the molecule is COC(=O)c1ccccc1NC(=O)c1sc2nc(C)ccc2c1N. The molecule has 0 bridgehead atoms. The second-order valence-electron chi connectivity index (χ2n) is 5.14. The molecule has 0 saturated heterocycles. The number of nitrogens with zero attached hydrogens (tertiary/aromatic N) is 1. The van der Waals surface area contributed by atoms with Crippen molar-refractivity contribution in [1.82, 2.24) is 4.98 Å². The molecule has 0 atom stereocenters. The lowest BCUT2D eigenvalue weighted by Crippen LogP contribution is -2.15. The number of rotatable bonds is 3. The predicted octanol–water partition coefficient (Wildman–Crippen LogP) is 3.23. The molecule has 2 heterocycles. The lowest BCUT2D eigenvalue weighted by atomic mass is 10.1. The van der Waals surface area contributed by atoms with Crippen molar-refractivity contribution in [2.24, 2.45) is 0 Å². The molecule has 3 aromatic rings. The van der Waals surface area contributed by atoms with Crippen LogP contribution in [0.4, 0.5) is 11.4 Å². The number of para-hydroxylation sites is 1. The van der Waals surface area contributed by atoms with E-state index in [-0.39, 0.29) is 11.5 Å². The summed E-state index contributed by atoms with van der Waals surface area (Å²) >= 11 is 1.22. The lowest BCUT2D eigenvalue weighted by molar-refractivity contribution is 0.0602. The van der Waals surface area contributed by atoms with E-state index < -0.39 is 5.97 Å². The van der Waals surface area contributed by atoms with E-state index in [1.807, 2.05) is 19.1 Å². The summed E-state index contributed by atoms with van der Waals surface area (Å²) in [4.78, 5) is 29.8. The van der Waals surface area contributed by atoms with Crippen LogP contribution in [0.2, 0.25) is 0 Å². The summed E-state index contributed by atoms with van der Waals surface area (Å²) in [6.45, 7) is 1.88. The minimum absolute atomic E-state index is 0.280. The van der Waals surface area contributed by atoms with Gasteiger partial charge in [0.15, 0.2) is 0 Å².